The van der Waals surface area contributed by atoms with Crippen LogP contribution in [0.4, 0.5) is 0 Å². The molecule has 0 saturated carbocycles. The van der Waals surface area contributed by atoms with E-state index in [4.69, 9.17) is 32.7 Å². The van der Waals surface area contributed by atoms with Gasteiger partial charge >= 0.3 is 0 Å². The topological polar surface area (TPSA) is 21.7 Å². The molecule has 24 heavy (non-hydrogen) atoms. The van der Waals surface area contributed by atoms with Gasteiger partial charge in [-0.05, 0) is 30.2 Å². The smallest absolute Gasteiger partial charge is 0.181 e. The minimum absolute atomic E-state index is 0.138. The van der Waals surface area contributed by atoms with Crippen molar-refractivity contribution in [2.45, 2.75) is 12.3 Å². The molecule has 3 rings (SSSR count). The SMILES string of the molecule is COc1c(Cl)c2c(c(Cl)c1OC)C(c1ccccc1)CN(C)CC2. The van der Waals surface area contributed by atoms with Crippen molar-refractivity contribution in [3.8, 4) is 11.5 Å². The molecule has 1 aliphatic rings. The highest BCUT2D eigenvalue weighted by atomic mass is 35.5. The Labute approximate surface area is 153 Å². The van der Waals surface area contributed by atoms with Crippen molar-refractivity contribution in [2.24, 2.45) is 0 Å². The van der Waals surface area contributed by atoms with Gasteiger partial charge in [0.05, 0.1) is 24.3 Å². The molecule has 0 fully saturated rings. The van der Waals surface area contributed by atoms with E-state index in [1.165, 1.54) is 5.56 Å². The summed E-state index contributed by atoms with van der Waals surface area (Å²) >= 11 is 13.4. The van der Waals surface area contributed by atoms with Crippen LogP contribution in [0.2, 0.25) is 10.0 Å². The monoisotopic (exact) mass is 365 g/mol. The van der Waals surface area contributed by atoms with Gasteiger partial charge in [0.25, 0.3) is 0 Å². The lowest BCUT2D eigenvalue weighted by Crippen LogP contribution is -2.24. The standard InChI is InChI=1S/C19H21Cl2NO2/c1-22-10-9-13-15(14(11-22)12-7-5-4-6-8-12)17(21)19(24-3)18(23-2)16(13)20/h4-8,14H,9-11H2,1-3H3. The van der Waals surface area contributed by atoms with Crippen LogP contribution < -0.4 is 9.47 Å². The van der Waals surface area contributed by atoms with Crippen LogP contribution in [0.5, 0.6) is 11.5 Å². The van der Waals surface area contributed by atoms with Crippen LogP contribution in [0.25, 0.3) is 0 Å². The van der Waals surface area contributed by atoms with Crippen LogP contribution in [0.1, 0.15) is 22.6 Å². The van der Waals surface area contributed by atoms with Crippen LogP contribution >= 0.6 is 23.2 Å². The predicted molar refractivity (Wildman–Crippen MR) is 99.1 cm³/mol. The first kappa shape index (κ1) is 17.4. The second-order valence-electron chi connectivity index (χ2n) is 6.06. The number of likely N-dealkylation sites (N-methyl/N-ethyl adjacent to an activating group) is 1. The summed E-state index contributed by atoms with van der Waals surface area (Å²) < 4.78 is 11.0. The second kappa shape index (κ2) is 7.22. The number of hydrogen-bond donors (Lipinski definition) is 0. The highest BCUT2D eigenvalue weighted by Crippen LogP contribution is 2.50. The van der Waals surface area contributed by atoms with Gasteiger partial charge in [-0.3, -0.25) is 0 Å². The van der Waals surface area contributed by atoms with E-state index in [0.717, 1.165) is 30.6 Å². The largest absolute Gasteiger partial charge is 0.491 e. The van der Waals surface area contributed by atoms with Crippen molar-refractivity contribution in [1.82, 2.24) is 4.90 Å². The number of benzene rings is 2. The van der Waals surface area contributed by atoms with Crippen LogP contribution in [0, 0.1) is 0 Å². The van der Waals surface area contributed by atoms with Gasteiger partial charge in [-0.2, -0.15) is 0 Å². The fourth-order valence-electron chi connectivity index (χ4n) is 3.44. The van der Waals surface area contributed by atoms with Crippen LogP contribution in [-0.2, 0) is 6.42 Å². The van der Waals surface area contributed by atoms with Crippen LogP contribution in [-0.4, -0.2) is 39.3 Å². The molecule has 0 radical (unpaired) electrons. The fraction of sp³-hybridized carbons (Fsp3) is 0.368. The van der Waals surface area contributed by atoms with Crippen LogP contribution in [0.15, 0.2) is 30.3 Å². The lowest BCUT2D eigenvalue weighted by atomic mass is 9.87. The molecule has 128 valence electrons. The van der Waals surface area contributed by atoms with Gasteiger partial charge in [0.1, 0.15) is 0 Å². The van der Waals surface area contributed by atoms with E-state index in [1.807, 2.05) is 6.07 Å². The average molecular weight is 366 g/mol. The quantitative estimate of drug-likeness (QED) is 0.791. The molecule has 5 heteroatoms. The number of ether oxygens (including phenoxy) is 2. The molecule has 1 unspecified atom stereocenters. The van der Waals surface area contributed by atoms with Gasteiger partial charge in [-0.1, -0.05) is 53.5 Å². The highest BCUT2D eigenvalue weighted by molar-refractivity contribution is 6.37. The number of halogens is 2. The van der Waals surface area contributed by atoms with Gasteiger partial charge in [0.15, 0.2) is 11.5 Å². The molecule has 3 nitrogen and oxygen atoms in total. The summed E-state index contributed by atoms with van der Waals surface area (Å²) in [6.07, 6.45) is 0.827. The Morgan fingerprint density at radius 1 is 1.00 bits per heavy atom. The average Bonchev–Trinajstić information content (AvgIpc) is 2.78. The lowest BCUT2D eigenvalue weighted by molar-refractivity contribution is 0.338. The Morgan fingerprint density at radius 3 is 2.25 bits per heavy atom. The zero-order valence-corrected chi connectivity index (χ0v) is 15.6. The minimum atomic E-state index is 0.138. The first-order valence-electron chi connectivity index (χ1n) is 7.93. The van der Waals surface area contributed by atoms with E-state index >= 15 is 0 Å². The molecule has 0 aliphatic carbocycles. The molecule has 0 spiro atoms. The summed E-state index contributed by atoms with van der Waals surface area (Å²) in [6, 6.07) is 10.4. The van der Waals surface area contributed by atoms with Crippen molar-refractivity contribution >= 4 is 23.2 Å². The Morgan fingerprint density at radius 2 is 1.62 bits per heavy atom. The van der Waals surface area contributed by atoms with E-state index in [2.05, 4.69) is 36.2 Å². The number of fused-ring (bicyclic) bond motifs is 1. The van der Waals surface area contributed by atoms with Crippen molar-refractivity contribution < 1.29 is 9.47 Å². The Hall–Kier alpha value is -1.42. The Kier molecular flexibility index (Phi) is 5.24. The fourth-order valence-corrected chi connectivity index (χ4v) is 4.20. The number of rotatable bonds is 3. The molecule has 1 aliphatic heterocycles. The molecule has 0 N–H and O–H groups in total. The summed E-state index contributed by atoms with van der Waals surface area (Å²) in [5.74, 6) is 1.16. The second-order valence-corrected chi connectivity index (χ2v) is 6.82. The zero-order chi connectivity index (χ0) is 17.3. The summed E-state index contributed by atoms with van der Waals surface area (Å²) in [5, 5.41) is 1.20. The first-order chi connectivity index (χ1) is 11.6. The summed E-state index contributed by atoms with van der Waals surface area (Å²) in [7, 11) is 5.30. The maximum Gasteiger partial charge on any atom is 0.181 e. The molecule has 0 bridgehead atoms. The summed E-state index contributed by atoms with van der Waals surface area (Å²) in [4.78, 5) is 2.31. The molecular weight excluding hydrogens is 345 g/mol. The molecule has 0 aromatic heterocycles. The molecule has 2 aromatic rings. The number of hydrogen-bond acceptors (Lipinski definition) is 3. The molecule has 2 aromatic carbocycles. The third-order valence-electron chi connectivity index (χ3n) is 4.63. The Balaban J connectivity index is 2.28. The van der Waals surface area contributed by atoms with Gasteiger partial charge in [0.2, 0.25) is 0 Å². The molecule has 0 amide bonds. The van der Waals surface area contributed by atoms with Gasteiger partial charge in [0, 0.05) is 19.0 Å². The Bertz CT molecular complexity index is 734. The highest BCUT2D eigenvalue weighted by Gasteiger charge is 2.31. The molecule has 1 atom stereocenters. The van der Waals surface area contributed by atoms with Gasteiger partial charge in [-0.15, -0.1) is 0 Å². The normalized spacial score (nSPS) is 18.0. The van der Waals surface area contributed by atoms with Gasteiger partial charge < -0.3 is 14.4 Å². The van der Waals surface area contributed by atoms with Crippen molar-refractivity contribution in [3.63, 3.8) is 0 Å². The van der Waals surface area contributed by atoms with Gasteiger partial charge in [-0.25, -0.2) is 0 Å². The predicted octanol–water partition coefficient (Wildman–Crippen LogP) is 4.63. The van der Waals surface area contributed by atoms with E-state index in [1.54, 1.807) is 14.2 Å². The minimum Gasteiger partial charge on any atom is -0.491 e. The molecular formula is C19H21Cl2NO2. The third-order valence-corrected chi connectivity index (χ3v) is 5.40. The van der Waals surface area contributed by atoms with E-state index in [0.29, 0.717) is 21.5 Å². The maximum atomic E-state index is 6.77. The van der Waals surface area contributed by atoms with E-state index in [-0.39, 0.29) is 5.92 Å². The van der Waals surface area contributed by atoms with Crippen LogP contribution in [0.3, 0.4) is 0 Å². The number of nitrogens with zero attached hydrogens (tertiary/aromatic N) is 1. The third kappa shape index (κ3) is 2.97. The first-order valence-corrected chi connectivity index (χ1v) is 8.69. The summed E-state index contributed by atoms with van der Waals surface area (Å²) in [6.45, 7) is 1.80. The van der Waals surface area contributed by atoms with Crippen molar-refractivity contribution in [2.75, 3.05) is 34.4 Å². The van der Waals surface area contributed by atoms with Crippen molar-refractivity contribution in [1.29, 1.82) is 0 Å². The number of methoxy groups -OCH3 is 2. The lowest BCUT2D eigenvalue weighted by Gasteiger charge is -2.25. The maximum absolute atomic E-state index is 6.77. The summed E-state index contributed by atoms with van der Waals surface area (Å²) in [5.41, 5.74) is 3.32. The van der Waals surface area contributed by atoms with Crippen molar-refractivity contribution in [3.05, 3.63) is 57.1 Å². The van der Waals surface area contributed by atoms with E-state index in [9.17, 15) is 0 Å². The molecule has 1 heterocycles. The van der Waals surface area contributed by atoms with E-state index < -0.39 is 0 Å². The zero-order valence-electron chi connectivity index (χ0n) is 14.1. The molecule has 0 saturated heterocycles.